The Morgan fingerprint density at radius 3 is 3.00 bits per heavy atom. The fourth-order valence-corrected chi connectivity index (χ4v) is 2.84. The van der Waals surface area contributed by atoms with Crippen LogP contribution in [0.3, 0.4) is 0 Å². The van der Waals surface area contributed by atoms with Crippen LogP contribution in [0.2, 0.25) is 0 Å². The number of benzene rings is 1. The molecule has 0 unspecified atom stereocenters. The predicted octanol–water partition coefficient (Wildman–Crippen LogP) is 2.56. The summed E-state index contributed by atoms with van der Waals surface area (Å²) in [6, 6.07) is 12.4. The zero-order valence-electron chi connectivity index (χ0n) is 12.0. The number of hydrogen-bond acceptors (Lipinski definition) is 3. The van der Waals surface area contributed by atoms with Crippen LogP contribution in [0.25, 0.3) is 0 Å². The summed E-state index contributed by atoms with van der Waals surface area (Å²) in [7, 11) is 0. The van der Waals surface area contributed by atoms with Gasteiger partial charge in [0.1, 0.15) is 5.76 Å². The number of carbonyl (C=O) groups excluding carboxylic acids is 1. The Hall–Kier alpha value is -2.07. The number of aryl methyl sites for hydroxylation is 1. The lowest BCUT2D eigenvalue weighted by Crippen LogP contribution is -2.36. The molecule has 110 valence electrons. The number of nitrogens with one attached hydrogen (secondary N) is 2. The van der Waals surface area contributed by atoms with Crippen LogP contribution in [0.5, 0.6) is 0 Å². The standard InChI is InChI=1S/C17H20N2O2/c20-17(19-11-14-7-4-10-21-14)12-18-16-9-3-6-13-5-1-2-8-15(13)16/h1-2,4-5,7-8,10,16,18H,3,6,9,11-12H2,(H,19,20)/t16-/m0/s1. The Morgan fingerprint density at radius 2 is 2.14 bits per heavy atom. The van der Waals surface area contributed by atoms with E-state index in [4.69, 9.17) is 4.42 Å². The fourth-order valence-electron chi connectivity index (χ4n) is 2.84. The second-order valence-corrected chi connectivity index (χ2v) is 5.38. The van der Waals surface area contributed by atoms with Crippen molar-refractivity contribution in [1.82, 2.24) is 10.6 Å². The monoisotopic (exact) mass is 284 g/mol. The van der Waals surface area contributed by atoms with Gasteiger partial charge in [0.05, 0.1) is 19.4 Å². The Kier molecular flexibility index (Phi) is 4.36. The van der Waals surface area contributed by atoms with E-state index in [0.717, 1.165) is 18.6 Å². The van der Waals surface area contributed by atoms with E-state index < -0.39 is 0 Å². The van der Waals surface area contributed by atoms with Gasteiger partial charge in [-0.15, -0.1) is 0 Å². The lowest BCUT2D eigenvalue weighted by atomic mass is 9.88. The van der Waals surface area contributed by atoms with Gasteiger partial charge in [0.2, 0.25) is 5.91 Å². The molecule has 3 rings (SSSR count). The topological polar surface area (TPSA) is 54.3 Å². The number of furan rings is 1. The van der Waals surface area contributed by atoms with Gasteiger partial charge in [-0.3, -0.25) is 4.79 Å². The van der Waals surface area contributed by atoms with Gasteiger partial charge in [-0.2, -0.15) is 0 Å². The Labute approximate surface area is 124 Å². The van der Waals surface area contributed by atoms with Crippen LogP contribution >= 0.6 is 0 Å². The summed E-state index contributed by atoms with van der Waals surface area (Å²) in [5.41, 5.74) is 2.74. The predicted molar refractivity (Wildman–Crippen MR) is 80.7 cm³/mol. The number of hydrogen-bond donors (Lipinski definition) is 2. The van der Waals surface area contributed by atoms with Crippen molar-refractivity contribution in [2.45, 2.75) is 31.8 Å². The summed E-state index contributed by atoms with van der Waals surface area (Å²) in [6.45, 7) is 0.772. The molecule has 2 aromatic rings. The van der Waals surface area contributed by atoms with Gasteiger partial charge >= 0.3 is 0 Å². The van der Waals surface area contributed by atoms with Crippen LogP contribution in [0.1, 0.15) is 35.8 Å². The summed E-state index contributed by atoms with van der Waals surface area (Å²) in [6.07, 6.45) is 5.00. The van der Waals surface area contributed by atoms with Crippen molar-refractivity contribution in [2.75, 3.05) is 6.54 Å². The van der Waals surface area contributed by atoms with Crippen molar-refractivity contribution < 1.29 is 9.21 Å². The average molecular weight is 284 g/mol. The second-order valence-electron chi connectivity index (χ2n) is 5.38. The molecular weight excluding hydrogens is 264 g/mol. The highest BCUT2D eigenvalue weighted by Crippen LogP contribution is 2.29. The molecule has 1 aromatic heterocycles. The third-order valence-electron chi connectivity index (χ3n) is 3.92. The first-order chi connectivity index (χ1) is 10.3. The molecule has 1 aromatic carbocycles. The number of rotatable bonds is 5. The quantitative estimate of drug-likeness (QED) is 0.887. The normalized spacial score (nSPS) is 17.2. The van der Waals surface area contributed by atoms with Gasteiger partial charge in [0.15, 0.2) is 0 Å². The smallest absolute Gasteiger partial charge is 0.234 e. The molecule has 1 atom stereocenters. The first-order valence-electron chi connectivity index (χ1n) is 7.43. The zero-order valence-corrected chi connectivity index (χ0v) is 12.0. The number of carbonyl (C=O) groups is 1. The van der Waals surface area contributed by atoms with Gasteiger partial charge < -0.3 is 15.1 Å². The van der Waals surface area contributed by atoms with Crippen molar-refractivity contribution in [2.24, 2.45) is 0 Å². The summed E-state index contributed by atoms with van der Waals surface area (Å²) in [5, 5.41) is 6.22. The van der Waals surface area contributed by atoms with Crippen molar-refractivity contribution in [3.8, 4) is 0 Å². The van der Waals surface area contributed by atoms with Crippen LogP contribution in [-0.2, 0) is 17.8 Å². The van der Waals surface area contributed by atoms with Crippen molar-refractivity contribution in [3.63, 3.8) is 0 Å². The van der Waals surface area contributed by atoms with Gasteiger partial charge in [0, 0.05) is 6.04 Å². The molecule has 0 radical (unpaired) electrons. The number of amides is 1. The summed E-state index contributed by atoms with van der Waals surface area (Å²) in [4.78, 5) is 11.9. The second kappa shape index (κ2) is 6.59. The molecule has 0 spiro atoms. The minimum atomic E-state index is -0.00513. The molecule has 21 heavy (non-hydrogen) atoms. The van der Waals surface area contributed by atoms with E-state index in [1.165, 1.54) is 17.5 Å². The van der Waals surface area contributed by atoms with Crippen molar-refractivity contribution in [3.05, 3.63) is 59.5 Å². The summed E-state index contributed by atoms with van der Waals surface area (Å²) in [5.74, 6) is 0.765. The highest BCUT2D eigenvalue weighted by atomic mass is 16.3. The molecule has 1 amide bonds. The average Bonchev–Trinajstić information content (AvgIpc) is 3.04. The molecule has 4 nitrogen and oxygen atoms in total. The highest BCUT2D eigenvalue weighted by Gasteiger charge is 2.19. The maximum absolute atomic E-state index is 11.9. The van der Waals surface area contributed by atoms with E-state index in [1.54, 1.807) is 6.26 Å². The minimum Gasteiger partial charge on any atom is -0.467 e. The molecule has 1 aliphatic rings. The van der Waals surface area contributed by atoms with E-state index in [1.807, 2.05) is 12.1 Å². The maximum atomic E-state index is 11.9. The molecule has 0 saturated carbocycles. The van der Waals surface area contributed by atoms with E-state index >= 15 is 0 Å². The Balaban J connectivity index is 1.50. The Morgan fingerprint density at radius 1 is 1.24 bits per heavy atom. The molecular formula is C17H20N2O2. The third-order valence-corrected chi connectivity index (χ3v) is 3.92. The van der Waals surface area contributed by atoms with Gasteiger partial charge in [0.25, 0.3) is 0 Å². The molecule has 1 aliphatic carbocycles. The lowest BCUT2D eigenvalue weighted by molar-refractivity contribution is -0.120. The van der Waals surface area contributed by atoms with E-state index in [9.17, 15) is 4.79 Å². The molecule has 0 bridgehead atoms. The van der Waals surface area contributed by atoms with Crippen LogP contribution in [0, 0.1) is 0 Å². The molecule has 0 saturated heterocycles. The maximum Gasteiger partial charge on any atom is 0.234 e. The zero-order chi connectivity index (χ0) is 14.5. The van der Waals surface area contributed by atoms with Crippen LogP contribution in [0.15, 0.2) is 47.1 Å². The van der Waals surface area contributed by atoms with Crippen molar-refractivity contribution >= 4 is 5.91 Å². The molecule has 2 N–H and O–H groups in total. The van der Waals surface area contributed by atoms with Crippen molar-refractivity contribution in [1.29, 1.82) is 0 Å². The summed E-state index contributed by atoms with van der Waals surface area (Å²) < 4.78 is 5.19. The van der Waals surface area contributed by atoms with E-state index in [2.05, 4.69) is 34.9 Å². The molecule has 0 aliphatic heterocycles. The molecule has 1 heterocycles. The largest absolute Gasteiger partial charge is 0.467 e. The highest BCUT2D eigenvalue weighted by molar-refractivity contribution is 5.78. The Bertz CT molecular complexity index is 593. The summed E-state index contributed by atoms with van der Waals surface area (Å²) >= 11 is 0. The molecule has 4 heteroatoms. The van der Waals surface area contributed by atoms with Crippen LogP contribution in [0.4, 0.5) is 0 Å². The van der Waals surface area contributed by atoms with E-state index in [-0.39, 0.29) is 11.9 Å². The number of fused-ring (bicyclic) bond motifs is 1. The van der Waals surface area contributed by atoms with Crippen LogP contribution in [-0.4, -0.2) is 12.5 Å². The van der Waals surface area contributed by atoms with Gasteiger partial charge in [-0.05, 0) is 42.5 Å². The van der Waals surface area contributed by atoms with Gasteiger partial charge in [-0.1, -0.05) is 24.3 Å². The first kappa shape index (κ1) is 13.9. The SMILES string of the molecule is O=C(CN[C@H]1CCCc2ccccc21)NCc1ccco1. The minimum absolute atomic E-state index is 0.00513. The third kappa shape index (κ3) is 3.52. The van der Waals surface area contributed by atoms with E-state index in [0.29, 0.717) is 13.1 Å². The lowest BCUT2D eigenvalue weighted by Gasteiger charge is -2.26. The van der Waals surface area contributed by atoms with Gasteiger partial charge in [-0.25, -0.2) is 0 Å². The van der Waals surface area contributed by atoms with Crippen LogP contribution < -0.4 is 10.6 Å². The first-order valence-corrected chi connectivity index (χ1v) is 7.43. The fraction of sp³-hybridized carbons (Fsp3) is 0.353. The molecule has 0 fully saturated rings.